The summed E-state index contributed by atoms with van der Waals surface area (Å²) < 4.78 is 26.2. The minimum absolute atomic E-state index is 0.402. The summed E-state index contributed by atoms with van der Waals surface area (Å²) >= 11 is 0. The van der Waals surface area contributed by atoms with Gasteiger partial charge in [-0.25, -0.2) is 17.9 Å². The third-order valence-electron chi connectivity index (χ3n) is 2.59. The molecule has 9 heteroatoms. The summed E-state index contributed by atoms with van der Waals surface area (Å²) in [5.74, 6) is -2.05. The first-order valence-electron chi connectivity index (χ1n) is 5.47. The number of phenols is 1. The van der Waals surface area contributed by atoms with Crippen LogP contribution in [0.2, 0.25) is 0 Å². The quantitative estimate of drug-likeness (QED) is 0.458. The van der Waals surface area contributed by atoms with E-state index in [0.29, 0.717) is 0 Å². The molecular formula is C11H15NO7S. The van der Waals surface area contributed by atoms with E-state index in [1.807, 2.05) is 0 Å². The van der Waals surface area contributed by atoms with Crippen LogP contribution in [0, 0.1) is 0 Å². The molecule has 112 valence electrons. The van der Waals surface area contributed by atoms with Gasteiger partial charge in [0.05, 0.1) is 23.6 Å². The summed E-state index contributed by atoms with van der Waals surface area (Å²) in [5, 5.41) is 36.3. The number of aliphatic hydroxyl groups excluding tert-OH is 2. The summed E-state index contributed by atoms with van der Waals surface area (Å²) in [4.78, 5) is 10.4. The van der Waals surface area contributed by atoms with Crippen LogP contribution in [0.1, 0.15) is 17.3 Å². The fraction of sp³-hybridized carbons (Fsp3) is 0.364. The smallest absolute Gasteiger partial charge is 0.339 e. The maximum atomic E-state index is 12.0. The third kappa shape index (κ3) is 3.45. The standard InChI is InChI=1S/C11H15NO7S/c1-11(5-13,6-14)12-20(18,19)7-2-3-9(15)8(4-7)10(16)17/h2-4,12-15H,5-6H2,1H3,(H,16,17). The van der Waals surface area contributed by atoms with Crippen molar-refractivity contribution in [2.75, 3.05) is 13.2 Å². The number of aromatic hydroxyl groups is 1. The summed E-state index contributed by atoms with van der Waals surface area (Å²) in [6.07, 6.45) is 0. The lowest BCUT2D eigenvalue weighted by Crippen LogP contribution is -2.51. The molecule has 0 spiro atoms. The molecule has 0 radical (unpaired) electrons. The molecule has 1 aromatic rings. The Labute approximate surface area is 115 Å². The monoisotopic (exact) mass is 305 g/mol. The van der Waals surface area contributed by atoms with Crippen LogP contribution in [-0.2, 0) is 10.0 Å². The van der Waals surface area contributed by atoms with Crippen LogP contribution in [0.5, 0.6) is 5.75 Å². The number of rotatable bonds is 6. The van der Waals surface area contributed by atoms with E-state index in [2.05, 4.69) is 4.72 Å². The average Bonchev–Trinajstić information content (AvgIpc) is 2.38. The van der Waals surface area contributed by atoms with Gasteiger partial charge < -0.3 is 20.4 Å². The molecule has 0 bridgehead atoms. The second-order valence-electron chi connectivity index (χ2n) is 4.47. The van der Waals surface area contributed by atoms with E-state index < -0.39 is 51.0 Å². The highest BCUT2D eigenvalue weighted by Gasteiger charge is 2.30. The predicted octanol–water partition coefficient (Wildman–Crippen LogP) is -0.888. The molecular weight excluding hydrogens is 290 g/mol. The first kappa shape index (κ1) is 16.4. The SMILES string of the molecule is CC(CO)(CO)NS(=O)(=O)c1ccc(O)c(C(=O)O)c1. The van der Waals surface area contributed by atoms with Crippen LogP contribution in [-0.4, -0.2) is 53.6 Å². The first-order valence-corrected chi connectivity index (χ1v) is 6.95. The zero-order valence-electron chi connectivity index (χ0n) is 10.6. The maximum Gasteiger partial charge on any atom is 0.339 e. The number of carboxylic acid groups (broad SMARTS) is 1. The van der Waals surface area contributed by atoms with Crippen molar-refractivity contribution < 1.29 is 33.6 Å². The minimum Gasteiger partial charge on any atom is -0.507 e. The molecule has 0 saturated heterocycles. The number of aromatic carboxylic acids is 1. The Hall–Kier alpha value is -1.68. The van der Waals surface area contributed by atoms with E-state index in [4.69, 9.17) is 15.3 Å². The second kappa shape index (κ2) is 5.75. The van der Waals surface area contributed by atoms with Gasteiger partial charge in [0, 0.05) is 0 Å². The van der Waals surface area contributed by atoms with Crippen molar-refractivity contribution in [3.63, 3.8) is 0 Å². The number of sulfonamides is 1. The summed E-state index contributed by atoms with van der Waals surface area (Å²) in [5.41, 5.74) is -2.05. The number of benzene rings is 1. The van der Waals surface area contributed by atoms with Crippen LogP contribution in [0.3, 0.4) is 0 Å². The number of carboxylic acids is 1. The fourth-order valence-electron chi connectivity index (χ4n) is 1.35. The van der Waals surface area contributed by atoms with Gasteiger partial charge in [-0.3, -0.25) is 0 Å². The summed E-state index contributed by atoms with van der Waals surface area (Å²) in [6, 6.07) is 2.74. The molecule has 0 amide bonds. The Kier molecular flexibility index (Phi) is 4.71. The van der Waals surface area contributed by atoms with Gasteiger partial charge in [0.1, 0.15) is 11.3 Å². The summed E-state index contributed by atoms with van der Waals surface area (Å²) in [6.45, 7) is -0.0116. The molecule has 0 atom stereocenters. The number of aliphatic hydroxyl groups is 2. The molecule has 8 nitrogen and oxygen atoms in total. The second-order valence-corrected chi connectivity index (χ2v) is 6.15. The highest BCUT2D eigenvalue weighted by Crippen LogP contribution is 2.22. The van der Waals surface area contributed by atoms with Gasteiger partial charge >= 0.3 is 5.97 Å². The minimum atomic E-state index is -4.16. The highest BCUT2D eigenvalue weighted by molar-refractivity contribution is 7.89. The van der Waals surface area contributed by atoms with Crippen LogP contribution < -0.4 is 4.72 Å². The van der Waals surface area contributed by atoms with E-state index in [1.165, 1.54) is 6.92 Å². The zero-order valence-corrected chi connectivity index (χ0v) is 11.4. The van der Waals surface area contributed by atoms with Gasteiger partial charge in [0.2, 0.25) is 10.0 Å². The van der Waals surface area contributed by atoms with Crippen molar-refractivity contribution >= 4 is 16.0 Å². The van der Waals surface area contributed by atoms with Gasteiger partial charge in [-0.2, -0.15) is 0 Å². The molecule has 0 aromatic heterocycles. The summed E-state index contributed by atoms with van der Waals surface area (Å²) in [7, 11) is -4.16. The van der Waals surface area contributed by atoms with Crippen LogP contribution in [0.25, 0.3) is 0 Å². The lowest BCUT2D eigenvalue weighted by Gasteiger charge is -2.25. The van der Waals surface area contributed by atoms with Gasteiger partial charge in [0.25, 0.3) is 0 Å². The molecule has 0 heterocycles. The van der Waals surface area contributed by atoms with E-state index in [1.54, 1.807) is 0 Å². The van der Waals surface area contributed by atoms with E-state index >= 15 is 0 Å². The van der Waals surface area contributed by atoms with Crippen molar-refractivity contribution in [3.05, 3.63) is 23.8 Å². The number of carbonyl (C=O) groups is 1. The van der Waals surface area contributed by atoms with Crippen molar-refractivity contribution in [3.8, 4) is 5.75 Å². The lowest BCUT2D eigenvalue weighted by molar-refractivity contribution is 0.0693. The van der Waals surface area contributed by atoms with Gasteiger partial charge in [-0.1, -0.05) is 0 Å². The molecule has 0 aliphatic rings. The zero-order chi connectivity index (χ0) is 15.6. The van der Waals surface area contributed by atoms with E-state index in [0.717, 1.165) is 18.2 Å². The number of hydrogen-bond acceptors (Lipinski definition) is 6. The van der Waals surface area contributed by atoms with Gasteiger partial charge in [0.15, 0.2) is 0 Å². The number of nitrogens with one attached hydrogen (secondary N) is 1. The molecule has 0 unspecified atom stereocenters. The lowest BCUT2D eigenvalue weighted by atomic mass is 10.1. The predicted molar refractivity (Wildman–Crippen MR) is 68.0 cm³/mol. The Balaban J connectivity index is 3.23. The van der Waals surface area contributed by atoms with Crippen molar-refractivity contribution in [2.24, 2.45) is 0 Å². The fourth-order valence-corrected chi connectivity index (χ4v) is 2.77. The van der Waals surface area contributed by atoms with Crippen LogP contribution in [0.4, 0.5) is 0 Å². The maximum absolute atomic E-state index is 12.0. The largest absolute Gasteiger partial charge is 0.507 e. The topological polar surface area (TPSA) is 144 Å². The van der Waals surface area contributed by atoms with Gasteiger partial charge in [-0.15, -0.1) is 0 Å². The van der Waals surface area contributed by atoms with Crippen molar-refractivity contribution in [1.82, 2.24) is 4.72 Å². The Morgan fingerprint density at radius 1 is 1.30 bits per heavy atom. The Morgan fingerprint density at radius 2 is 1.85 bits per heavy atom. The molecule has 5 N–H and O–H groups in total. The average molecular weight is 305 g/mol. The van der Waals surface area contributed by atoms with Crippen LogP contribution in [0.15, 0.2) is 23.1 Å². The Morgan fingerprint density at radius 3 is 2.30 bits per heavy atom. The Bertz CT molecular complexity index is 607. The first-order chi connectivity index (χ1) is 9.15. The molecule has 0 saturated carbocycles. The molecule has 0 aliphatic carbocycles. The normalized spacial score (nSPS) is 12.3. The van der Waals surface area contributed by atoms with E-state index in [-0.39, 0.29) is 0 Å². The molecule has 0 fully saturated rings. The van der Waals surface area contributed by atoms with Gasteiger partial charge in [-0.05, 0) is 25.1 Å². The van der Waals surface area contributed by atoms with Crippen molar-refractivity contribution in [2.45, 2.75) is 17.4 Å². The highest BCUT2D eigenvalue weighted by atomic mass is 32.2. The molecule has 0 aliphatic heterocycles. The molecule has 1 rings (SSSR count). The number of hydrogen-bond donors (Lipinski definition) is 5. The molecule has 20 heavy (non-hydrogen) atoms. The molecule has 1 aromatic carbocycles. The van der Waals surface area contributed by atoms with E-state index in [9.17, 15) is 18.3 Å². The van der Waals surface area contributed by atoms with Crippen molar-refractivity contribution in [1.29, 1.82) is 0 Å². The third-order valence-corrected chi connectivity index (χ3v) is 4.22. The van der Waals surface area contributed by atoms with Crippen LogP contribution >= 0.6 is 0 Å².